The Kier molecular flexibility index (Phi) is 13.5. The summed E-state index contributed by atoms with van der Waals surface area (Å²) in [4.78, 5) is 0. The van der Waals surface area contributed by atoms with Crippen molar-refractivity contribution in [3.8, 4) is 0 Å². The third-order valence-corrected chi connectivity index (χ3v) is 5.59. The minimum absolute atomic E-state index is 0.0797. The molecule has 0 saturated carbocycles. The van der Waals surface area contributed by atoms with Crippen molar-refractivity contribution in [1.82, 2.24) is 0 Å². The van der Waals surface area contributed by atoms with Crippen LogP contribution in [0, 0.1) is 5.41 Å². The first-order chi connectivity index (χ1) is 11.2. The Morgan fingerprint density at radius 3 is 2.00 bits per heavy atom. The summed E-state index contributed by atoms with van der Waals surface area (Å²) >= 11 is 0. The monoisotopic (exact) mass is 362 g/mol. The molecule has 0 aliphatic heterocycles. The van der Waals surface area contributed by atoms with Gasteiger partial charge in [-0.05, 0) is 24.7 Å². The van der Waals surface area contributed by atoms with Crippen molar-refractivity contribution >= 4 is 7.60 Å². The zero-order valence-electron chi connectivity index (χ0n) is 17.2. The van der Waals surface area contributed by atoms with E-state index in [4.69, 9.17) is 9.05 Å². The van der Waals surface area contributed by atoms with Crippen LogP contribution in [0.2, 0.25) is 0 Å². The number of rotatable bonds is 15. The highest BCUT2D eigenvalue weighted by Gasteiger charge is 2.23. The van der Waals surface area contributed by atoms with Gasteiger partial charge in [0.25, 0.3) is 0 Å². The van der Waals surface area contributed by atoms with Crippen LogP contribution in [0.5, 0.6) is 0 Å². The average molecular weight is 363 g/mol. The van der Waals surface area contributed by atoms with Crippen molar-refractivity contribution in [3.05, 3.63) is 0 Å². The predicted octanol–water partition coefficient (Wildman–Crippen LogP) is 7.59. The standard InChI is InChI=1S/C20H43O3P/c1-7-9-10-11-12-13-14-16-19(15-8-2)23-24(6,21)22-18-17-20(3,4)5/h19H,7-18H2,1-6H3. The van der Waals surface area contributed by atoms with Crippen LogP contribution in [0.4, 0.5) is 0 Å². The van der Waals surface area contributed by atoms with E-state index >= 15 is 0 Å². The van der Waals surface area contributed by atoms with Gasteiger partial charge in [0.15, 0.2) is 0 Å². The fourth-order valence-corrected chi connectivity index (χ4v) is 3.96. The second-order valence-corrected chi connectivity index (χ2v) is 10.4. The first-order valence-corrected chi connectivity index (χ1v) is 12.1. The molecule has 3 nitrogen and oxygen atoms in total. The second-order valence-electron chi connectivity index (χ2n) is 8.34. The van der Waals surface area contributed by atoms with E-state index < -0.39 is 7.60 Å². The quantitative estimate of drug-likeness (QED) is 0.222. The Morgan fingerprint density at radius 1 is 0.875 bits per heavy atom. The highest BCUT2D eigenvalue weighted by atomic mass is 31.2. The molecule has 0 aromatic carbocycles. The second kappa shape index (κ2) is 13.4. The molecule has 0 saturated heterocycles. The van der Waals surface area contributed by atoms with Crippen LogP contribution < -0.4 is 0 Å². The normalized spacial score (nSPS) is 16.1. The lowest BCUT2D eigenvalue weighted by atomic mass is 9.93. The molecule has 0 amide bonds. The lowest BCUT2D eigenvalue weighted by Gasteiger charge is -2.24. The van der Waals surface area contributed by atoms with E-state index in [1.807, 2.05) is 0 Å². The molecular weight excluding hydrogens is 319 g/mol. The summed E-state index contributed by atoms with van der Waals surface area (Å²) in [7, 11) is -2.93. The molecule has 0 spiro atoms. The number of hydrogen-bond donors (Lipinski definition) is 0. The smallest absolute Gasteiger partial charge is 0.309 e. The van der Waals surface area contributed by atoms with Gasteiger partial charge in [-0.1, -0.05) is 86.0 Å². The van der Waals surface area contributed by atoms with Gasteiger partial charge >= 0.3 is 7.60 Å². The lowest BCUT2D eigenvalue weighted by molar-refractivity contribution is 0.126. The molecule has 2 atom stereocenters. The Labute approximate surface area is 151 Å². The van der Waals surface area contributed by atoms with Gasteiger partial charge in [-0.2, -0.15) is 0 Å². The van der Waals surface area contributed by atoms with Crippen LogP contribution in [0.15, 0.2) is 0 Å². The number of hydrogen-bond acceptors (Lipinski definition) is 3. The molecule has 146 valence electrons. The van der Waals surface area contributed by atoms with Crippen molar-refractivity contribution in [3.63, 3.8) is 0 Å². The summed E-state index contributed by atoms with van der Waals surface area (Å²) in [5.74, 6) is 0. The summed E-state index contributed by atoms with van der Waals surface area (Å²) in [5, 5.41) is 0. The zero-order chi connectivity index (χ0) is 18.5. The molecule has 0 radical (unpaired) electrons. The van der Waals surface area contributed by atoms with Gasteiger partial charge in [0.1, 0.15) is 0 Å². The summed E-state index contributed by atoms with van der Waals surface area (Å²) < 4.78 is 24.0. The van der Waals surface area contributed by atoms with Crippen LogP contribution in [0.25, 0.3) is 0 Å². The summed E-state index contributed by atoms with van der Waals surface area (Å²) in [6.07, 6.45) is 13.1. The maximum Gasteiger partial charge on any atom is 0.327 e. The fraction of sp³-hybridized carbons (Fsp3) is 1.00. The molecular formula is C20H43O3P. The lowest BCUT2D eigenvalue weighted by Crippen LogP contribution is -2.14. The van der Waals surface area contributed by atoms with Crippen molar-refractivity contribution in [2.75, 3.05) is 13.3 Å². The van der Waals surface area contributed by atoms with Crippen LogP contribution >= 0.6 is 7.60 Å². The first kappa shape index (κ1) is 24.1. The minimum Gasteiger partial charge on any atom is -0.309 e. The van der Waals surface area contributed by atoms with Gasteiger partial charge < -0.3 is 9.05 Å². The first-order valence-electron chi connectivity index (χ1n) is 10.1. The van der Waals surface area contributed by atoms with Gasteiger partial charge in [0, 0.05) is 6.66 Å². The third-order valence-electron chi connectivity index (χ3n) is 4.26. The Bertz CT molecular complexity index is 336. The molecule has 0 N–H and O–H groups in total. The molecule has 0 rings (SSSR count). The van der Waals surface area contributed by atoms with Crippen LogP contribution in [-0.2, 0) is 13.6 Å². The number of unbranched alkanes of at least 4 members (excludes halogenated alkanes) is 6. The Morgan fingerprint density at radius 2 is 1.46 bits per heavy atom. The van der Waals surface area contributed by atoms with Crippen molar-refractivity contribution in [1.29, 1.82) is 0 Å². The zero-order valence-corrected chi connectivity index (χ0v) is 18.1. The van der Waals surface area contributed by atoms with E-state index in [2.05, 4.69) is 34.6 Å². The van der Waals surface area contributed by atoms with Crippen LogP contribution in [-0.4, -0.2) is 19.4 Å². The molecule has 0 bridgehead atoms. The predicted molar refractivity (Wildman–Crippen MR) is 106 cm³/mol. The minimum atomic E-state index is -2.93. The molecule has 0 fully saturated rings. The maximum atomic E-state index is 12.5. The summed E-state index contributed by atoms with van der Waals surface area (Å²) in [6, 6.07) is 0. The van der Waals surface area contributed by atoms with E-state index in [1.165, 1.54) is 44.9 Å². The topological polar surface area (TPSA) is 35.5 Å². The van der Waals surface area contributed by atoms with E-state index in [-0.39, 0.29) is 11.5 Å². The van der Waals surface area contributed by atoms with E-state index in [9.17, 15) is 4.57 Å². The molecule has 0 heterocycles. The largest absolute Gasteiger partial charge is 0.327 e. The van der Waals surface area contributed by atoms with Crippen LogP contribution in [0.1, 0.15) is 105 Å². The third kappa shape index (κ3) is 15.7. The fourth-order valence-electron chi connectivity index (χ4n) is 2.72. The van der Waals surface area contributed by atoms with Gasteiger partial charge in [-0.3, -0.25) is 4.57 Å². The van der Waals surface area contributed by atoms with Gasteiger partial charge in [0.2, 0.25) is 0 Å². The van der Waals surface area contributed by atoms with Crippen molar-refractivity contribution < 1.29 is 13.6 Å². The highest BCUT2D eigenvalue weighted by molar-refractivity contribution is 7.53. The van der Waals surface area contributed by atoms with Crippen molar-refractivity contribution in [2.45, 2.75) is 111 Å². The SMILES string of the molecule is CCCCCCCCCC(CCC)OP(C)(=O)OCCC(C)(C)C. The van der Waals surface area contributed by atoms with E-state index in [1.54, 1.807) is 6.66 Å². The van der Waals surface area contributed by atoms with Crippen molar-refractivity contribution in [2.24, 2.45) is 5.41 Å². The van der Waals surface area contributed by atoms with E-state index in [0.717, 1.165) is 25.7 Å². The molecule has 0 aliphatic carbocycles. The molecule has 24 heavy (non-hydrogen) atoms. The molecule has 0 aromatic rings. The van der Waals surface area contributed by atoms with E-state index in [0.29, 0.717) is 6.61 Å². The maximum absolute atomic E-state index is 12.5. The van der Waals surface area contributed by atoms with Gasteiger partial charge in [-0.15, -0.1) is 0 Å². The molecule has 0 aromatic heterocycles. The summed E-state index contributed by atoms with van der Waals surface area (Å²) in [5.41, 5.74) is 0.195. The highest BCUT2D eigenvalue weighted by Crippen LogP contribution is 2.47. The molecule has 2 unspecified atom stereocenters. The summed E-state index contributed by atoms with van der Waals surface area (Å²) in [6.45, 7) is 13.0. The van der Waals surface area contributed by atoms with Crippen LogP contribution in [0.3, 0.4) is 0 Å². The van der Waals surface area contributed by atoms with Gasteiger partial charge in [0.05, 0.1) is 12.7 Å². The van der Waals surface area contributed by atoms with Gasteiger partial charge in [-0.25, -0.2) is 0 Å². The Balaban J connectivity index is 4.04. The molecule has 0 aliphatic rings. The average Bonchev–Trinajstić information content (AvgIpc) is 2.44. The Hall–Kier alpha value is 0.150. The molecule has 4 heteroatoms.